The lowest BCUT2D eigenvalue weighted by Crippen LogP contribution is -2.54. The zero-order valence-corrected chi connectivity index (χ0v) is 13.6. The summed E-state index contributed by atoms with van der Waals surface area (Å²) < 4.78 is 30.4. The number of ether oxygens (including phenoxy) is 1. The van der Waals surface area contributed by atoms with Crippen molar-refractivity contribution in [2.75, 3.05) is 33.3 Å². The first kappa shape index (κ1) is 17.9. The molecule has 1 rings (SSSR count). The van der Waals surface area contributed by atoms with Crippen LogP contribution in [0.25, 0.3) is 0 Å². The number of hydrogen-bond acceptors (Lipinski definition) is 6. The van der Waals surface area contributed by atoms with Crippen LogP contribution in [-0.2, 0) is 19.6 Å². The maximum atomic E-state index is 12.3. The number of rotatable bonds is 6. The highest BCUT2D eigenvalue weighted by Gasteiger charge is 2.37. The number of sulfonamides is 1. The largest absolute Gasteiger partial charge is 0.468 e. The Morgan fingerprint density at radius 2 is 1.90 bits per heavy atom. The molecule has 0 spiro atoms. The third kappa shape index (κ3) is 4.15. The van der Waals surface area contributed by atoms with Crippen molar-refractivity contribution in [1.29, 1.82) is 5.26 Å². The van der Waals surface area contributed by atoms with Gasteiger partial charge in [0.15, 0.2) is 5.25 Å². The van der Waals surface area contributed by atoms with Crippen LogP contribution in [0.3, 0.4) is 0 Å². The number of hydrogen-bond donors (Lipinski definition) is 0. The third-order valence-corrected chi connectivity index (χ3v) is 5.94. The molecule has 0 N–H and O–H groups in total. The molecular weight excluding hydrogens is 294 g/mol. The van der Waals surface area contributed by atoms with Crippen molar-refractivity contribution in [1.82, 2.24) is 9.21 Å². The van der Waals surface area contributed by atoms with E-state index in [1.165, 1.54) is 18.3 Å². The van der Waals surface area contributed by atoms with Gasteiger partial charge in [-0.05, 0) is 13.3 Å². The van der Waals surface area contributed by atoms with Gasteiger partial charge in [-0.3, -0.25) is 9.69 Å². The summed E-state index contributed by atoms with van der Waals surface area (Å²) in [5.41, 5.74) is 0. The Hall–Kier alpha value is -1.17. The normalized spacial score (nSPS) is 20.5. The number of carbonyl (C=O) groups excluding carboxylic acids is 1. The fraction of sp³-hybridized carbons (Fsp3) is 0.846. The first-order valence-corrected chi connectivity index (χ1v) is 8.59. The van der Waals surface area contributed by atoms with Gasteiger partial charge in [-0.25, -0.2) is 8.42 Å². The summed E-state index contributed by atoms with van der Waals surface area (Å²) in [4.78, 5) is 13.4. The molecule has 0 aromatic carbocycles. The van der Waals surface area contributed by atoms with Crippen LogP contribution in [0.1, 0.15) is 26.7 Å². The van der Waals surface area contributed by atoms with Crippen LogP contribution in [0.15, 0.2) is 0 Å². The highest BCUT2D eigenvalue weighted by atomic mass is 32.2. The molecule has 1 saturated heterocycles. The van der Waals surface area contributed by atoms with Gasteiger partial charge >= 0.3 is 5.97 Å². The van der Waals surface area contributed by atoms with E-state index in [2.05, 4.69) is 10.8 Å². The van der Waals surface area contributed by atoms with E-state index in [1.807, 2.05) is 11.8 Å². The molecule has 1 aliphatic heterocycles. The number of piperazine rings is 1. The Morgan fingerprint density at radius 3 is 2.33 bits per heavy atom. The molecule has 0 aliphatic carbocycles. The molecule has 0 aromatic rings. The van der Waals surface area contributed by atoms with Crippen LogP contribution in [0.4, 0.5) is 0 Å². The average molecular weight is 317 g/mol. The van der Waals surface area contributed by atoms with Crippen LogP contribution in [-0.4, -0.2) is 68.2 Å². The molecule has 21 heavy (non-hydrogen) atoms. The van der Waals surface area contributed by atoms with Crippen LogP contribution in [0, 0.1) is 11.3 Å². The monoisotopic (exact) mass is 317 g/mol. The topological polar surface area (TPSA) is 90.7 Å². The standard InChI is InChI=1S/C13H23N3O4S/c1-4-5-12(10-14)15-6-8-16(9-7-15)21(18,19)11(2)13(17)20-3/h11-12H,4-9H2,1-3H3. The van der Waals surface area contributed by atoms with Crippen molar-refractivity contribution < 1.29 is 17.9 Å². The van der Waals surface area contributed by atoms with Gasteiger partial charge in [0, 0.05) is 26.2 Å². The van der Waals surface area contributed by atoms with E-state index >= 15 is 0 Å². The lowest BCUT2D eigenvalue weighted by molar-refractivity contribution is -0.139. The molecule has 0 radical (unpaired) electrons. The zero-order valence-electron chi connectivity index (χ0n) is 12.8. The second-order valence-electron chi connectivity index (χ2n) is 5.08. The number of esters is 1. The van der Waals surface area contributed by atoms with Crippen molar-refractivity contribution >= 4 is 16.0 Å². The Bertz CT molecular complexity index is 492. The van der Waals surface area contributed by atoms with E-state index in [9.17, 15) is 13.2 Å². The second kappa shape index (κ2) is 7.73. The number of nitriles is 1. The number of methoxy groups -OCH3 is 1. The van der Waals surface area contributed by atoms with E-state index in [4.69, 9.17) is 5.26 Å². The maximum absolute atomic E-state index is 12.3. The maximum Gasteiger partial charge on any atom is 0.325 e. The van der Waals surface area contributed by atoms with E-state index in [-0.39, 0.29) is 6.04 Å². The Balaban J connectivity index is 2.68. The minimum absolute atomic E-state index is 0.169. The van der Waals surface area contributed by atoms with Crippen LogP contribution < -0.4 is 0 Å². The molecule has 1 heterocycles. The van der Waals surface area contributed by atoms with Crippen molar-refractivity contribution in [2.24, 2.45) is 0 Å². The fourth-order valence-corrected chi connectivity index (χ4v) is 3.84. The molecule has 1 aliphatic rings. The summed E-state index contributed by atoms with van der Waals surface area (Å²) in [6.07, 6.45) is 1.69. The summed E-state index contributed by atoms with van der Waals surface area (Å²) in [7, 11) is -2.52. The molecular formula is C13H23N3O4S. The summed E-state index contributed by atoms with van der Waals surface area (Å²) in [5, 5.41) is 7.95. The average Bonchev–Trinajstić information content (AvgIpc) is 2.51. The van der Waals surface area contributed by atoms with Crippen LogP contribution >= 0.6 is 0 Å². The van der Waals surface area contributed by atoms with Crippen LogP contribution in [0.5, 0.6) is 0 Å². The lowest BCUT2D eigenvalue weighted by atomic mass is 10.1. The number of carbonyl (C=O) groups is 1. The zero-order chi connectivity index (χ0) is 16.0. The van der Waals surface area contributed by atoms with E-state index in [1.54, 1.807) is 0 Å². The molecule has 2 atom stereocenters. The van der Waals surface area contributed by atoms with Gasteiger partial charge in [0.1, 0.15) is 0 Å². The van der Waals surface area contributed by atoms with Gasteiger partial charge in [0.05, 0.1) is 19.2 Å². The van der Waals surface area contributed by atoms with E-state index < -0.39 is 21.2 Å². The van der Waals surface area contributed by atoms with E-state index in [0.29, 0.717) is 26.2 Å². The van der Waals surface area contributed by atoms with Crippen molar-refractivity contribution in [3.05, 3.63) is 0 Å². The minimum Gasteiger partial charge on any atom is -0.468 e. The predicted molar refractivity (Wildman–Crippen MR) is 77.9 cm³/mol. The molecule has 1 fully saturated rings. The quantitative estimate of drug-likeness (QED) is 0.649. The highest BCUT2D eigenvalue weighted by molar-refractivity contribution is 7.90. The summed E-state index contributed by atoms with van der Waals surface area (Å²) >= 11 is 0. The molecule has 8 heteroatoms. The van der Waals surface area contributed by atoms with Gasteiger partial charge in [-0.15, -0.1) is 0 Å². The van der Waals surface area contributed by atoms with Crippen molar-refractivity contribution in [3.8, 4) is 6.07 Å². The van der Waals surface area contributed by atoms with Gasteiger partial charge < -0.3 is 4.74 Å². The molecule has 0 bridgehead atoms. The molecule has 2 unspecified atom stereocenters. The number of nitrogens with zero attached hydrogens (tertiary/aromatic N) is 3. The molecule has 120 valence electrons. The Labute approximate surface area is 126 Å². The lowest BCUT2D eigenvalue weighted by Gasteiger charge is -2.36. The first-order valence-electron chi connectivity index (χ1n) is 7.08. The fourth-order valence-electron chi connectivity index (χ4n) is 2.38. The summed E-state index contributed by atoms with van der Waals surface area (Å²) in [5.74, 6) is -0.752. The third-order valence-electron chi connectivity index (χ3n) is 3.76. The molecule has 7 nitrogen and oxygen atoms in total. The summed E-state index contributed by atoms with van der Waals surface area (Å²) in [6, 6.07) is 2.09. The van der Waals surface area contributed by atoms with Crippen LogP contribution in [0.2, 0.25) is 0 Å². The van der Waals surface area contributed by atoms with Crippen molar-refractivity contribution in [3.63, 3.8) is 0 Å². The second-order valence-corrected chi connectivity index (χ2v) is 7.33. The van der Waals surface area contributed by atoms with E-state index in [0.717, 1.165) is 12.8 Å². The van der Waals surface area contributed by atoms with Gasteiger partial charge in [0.25, 0.3) is 0 Å². The predicted octanol–water partition coefficient (Wildman–Crippen LogP) is 0.188. The molecule has 0 aromatic heterocycles. The highest BCUT2D eigenvalue weighted by Crippen LogP contribution is 2.16. The molecule has 0 amide bonds. The Kier molecular flexibility index (Phi) is 6.58. The minimum atomic E-state index is -3.69. The van der Waals surface area contributed by atoms with Crippen molar-refractivity contribution in [2.45, 2.75) is 38.0 Å². The van der Waals surface area contributed by atoms with Gasteiger partial charge in [-0.1, -0.05) is 13.3 Å². The van der Waals surface area contributed by atoms with Gasteiger partial charge in [0.2, 0.25) is 10.0 Å². The smallest absolute Gasteiger partial charge is 0.325 e. The molecule has 0 saturated carbocycles. The SMILES string of the molecule is CCCC(C#N)N1CCN(S(=O)(=O)C(C)C(=O)OC)CC1. The Morgan fingerprint density at radius 1 is 1.33 bits per heavy atom. The summed E-state index contributed by atoms with van der Waals surface area (Å²) in [6.45, 7) is 4.96. The first-order chi connectivity index (χ1) is 9.88. The van der Waals surface area contributed by atoms with Gasteiger partial charge in [-0.2, -0.15) is 9.57 Å².